The Morgan fingerprint density at radius 3 is 2.57 bits per heavy atom. The van der Waals surface area contributed by atoms with Crippen LogP contribution in [0.25, 0.3) is 10.9 Å². The van der Waals surface area contributed by atoms with Gasteiger partial charge in [-0.3, -0.25) is 9.36 Å². The zero-order valence-electron chi connectivity index (χ0n) is 18.5. The number of amides is 1. The number of fused-ring (bicyclic) bond motifs is 1. The van der Waals surface area contributed by atoms with Gasteiger partial charge in [0, 0.05) is 31.8 Å². The topological polar surface area (TPSA) is 99.7 Å². The van der Waals surface area contributed by atoms with Gasteiger partial charge in [-0.15, -0.1) is 0 Å². The molecule has 0 bridgehead atoms. The van der Waals surface area contributed by atoms with Crippen LogP contribution >= 0.6 is 0 Å². The number of hydrogen-bond acceptors (Lipinski definition) is 6. The van der Waals surface area contributed by atoms with E-state index in [1.54, 1.807) is 34.8 Å². The summed E-state index contributed by atoms with van der Waals surface area (Å²) < 4.78 is 12.5. The quantitative estimate of drug-likeness (QED) is 0.768. The van der Waals surface area contributed by atoms with Gasteiger partial charge in [0.2, 0.25) is 0 Å². The molecule has 1 atom stereocenters. The smallest absolute Gasteiger partial charge is 0.410 e. The average Bonchev–Trinajstić information content (AvgIpc) is 2.67. The second-order valence-electron chi connectivity index (χ2n) is 8.97. The summed E-state index contributed by atoms with van der Waals surface area (Å²) in [6.07, 6.45) is 1.13. The SMILES string of the molecule is COCC(C)n1c(C2CCN(C(=O)OC(C)(C)C)CC2)nc2ccc(N)cc2c1=O. The molecule has 3 rings (SSSR count). The van der Waals surface area contributed by atoms with Crippen LogP contribution in [0.15, 0.2) is 23.0 Å². The fourth-order valence-electron chi connectivity index (χ4n) is 3.91. The molecule has 0 saturated carbocycles. The predicted molar refractivity (Wildman–Crippen MR) is 117 cm³/mol. The van der Waals surface area contributed by atoms with E-state index >= 15 is 0 Å². The monoisotopic (exact) mass is 416 g/mol. The molecule has 1 aliphatic heterocycles. The fourth-order valence-corrected chi connectivity index (χ4v) is 3.91. The summed E-state index contributed by atoms with van der Waals surface area (Å²) in [6, 6.07) is 5.05. The second kappa shape index (κ2) is 8.63. The number of piperidine rings is 1. The summed E-state index contributed by atoms with van der Waals surface area (Å²) in [5.41, 5.74) is 6.44. The lowest BCUT2D eigenvalue weighted by molar-refractivity contribution is 0.0201. The zero-order chi connectivity index (χ0) is 22.1. The lowest BCUT2D eigenvalue weighted by Gasteiger charge is -2.34. The molecule has 1 aromatic heterocycles. The molecule has 1 amide bonds. The Balaban J connectivity index is 1.92. The summed E-state index contributed by atoms with van der Waals surface area (Å²) in [6.45, 7) is 9.06. The van der Waals surface area contributed by atoms with Crippen LogP contribution in [0, 0.1) is 0 Å². The van der Waals surface area contributed by atoms with E-state index in [0.29, 0.717) is 49.1 Å². The normalized spacial score (nSPS) is 16.6. The van der Waals surface area contributed by atoms with Crippen molar-refractivity contribution >= 4 is 22.7 Å². The van der Waals surface area contributed by atoms with Crippen molar-refractivity contribution in [1.82, 2.24) is 14.5 Å². The molecule has 1 unspecified atom stereocenters. The first kappa shape index (κ1) is 22.1. The number of nitrogens with zero attached hydrogens (tertiary/aromatic N) is 3. The molecule has 0 radical (unpaired) electrons. The minimum atomic E-state index is -0.522. The van der Waals surface area contributed by atoms with Crippen LogP contribution in [-0.2, 0) is 9.47 Å². The maximum Gasteiger partial charge on any atom is 0.410 e. The van der Waals surface area contributed by atoms with Crippen LogP contribution in [0.3, 0.4) is 0 Å². The first-order valence-electron chi connectivity index (χ1n) is 10.4. The van der Waals surface area contributed by atoms with Gasteiger partial charge >= 0.3 is 6.09 Å². The van der Waals surface area contributed by atoms with Crippen molar-refractivity contribution in [2.45, 2.75) is 58.1 Å². The van der Waals surface area contributed by atoms with Crippen molar-refractivity contribution in [3.63, 3.8) is 0 Å². The summed E-state index contributed by atoms with van der Waals surface area (Å²) in [4.78, 5) is 32.3. The standard InChI is InChI=1S/C22H32N4O4/c1-14(13-29-5)26-19(24-18-7-6-16(23)12-17(18)20(26)27)15-8-10-25(11-9-15)21(28)30-22(2,3)4/h6-7,12,14-15H,8-11,13,23H2,1-5H3. The molecule has 0 aliphatic carbocycles. The number of likely N-dealkylation sites (tertiary alicyclic amines) is 1. The Morgan fingerprint density at radius 1 is 1.30 bits per heavy atom. The Labute approximate surface area is 177 Å². The highest BCUT2D eigenvalue weighted by molar-refractivity contribution is 5.81. The van der Waals surface area contributed by atoms with Gasteiger partial charge < -0.3 is 20.1 Å². The van der Waals surface area contributed by atoms with Crippen molar-refractivity contribution < 1.29 is 14.3 Å². The van der Waals surface area contributed by atoms with E-state index in [1.165, 1.54) is 0 Å². The molecule has 30 heavy (non-hydrogen) atoms. The summed E-state index contributed by atoms with van der Waals surface area (Å²) in [7, 11) is 1.62. The lowest BCUT2D eigenvalue weighted by atomic mass is 9.95. The molecule has 164 valence electrons. The largest absolute Gasteiger partial charge is 0.444 e. The van der Waals surface area contributed by atoms with Crippen LogP contribution < -0.4 is 11.3 Å². The molecule has 2 aromatic rings. The van der Waals surface area contributed by atoms with Crippen molar-refractivity contribution in [1.29, 1.82) is 0 Å². The van der Waals surface area contributed by atoms with Crippen molar-refractivity contribution in [2.75, 3.05) is 32.5 Å². The third-order valence-corrected chi connectivity index (χ3v) is 5.31. The van der Waals surface area contributed by atoms with Gasteiger partial charge in [-0.25, -0.2) is 9.78 Å². The van der Waals surface area contributed by atoms with Gasteiger partial charge in [-0.2, -0.15) is 0 Å². The summed E-state index contributed by atoms with van der Waals surface area (Å²) >= 11 is 0. The maximum absolute atomic E-state index is 13.3. The minimum absolute atomic E-state index is 0.0673. The maximum atomic E-state index is 13.3. The van der Waals surface area contributed by atoms with E-state index in [0.717, 1.165) is 5.82 Å². The highest BCUT2D eigenvalue weighted by atomic mass is 16.6. The number of methoxy groups -OCH3 is 1. The molecule has 8 heteroatoms. The molecular formula is C22H32N4O4. The highest BCUT2D eigenvalue weighted by Gasteiger charge is 2.30. The molecule has 1 fully saturated rings. The van der Waals surface area contributed by atoms with E-state index in [9.17, 15) is 9.59 Å². The molecule has 0 spiro atoms. The predicted octanol–water partition coefficient (Wildman–Crippen LogP) is 3.30. The van der Waals surface area contributed by atoms with Gasteiger partial charge in [0.05, 0.1) is 23.6 Å². The Kier molecular flexibility index (Phi) is 6.36. The summed E-state index contributed by atoms with van der Waals surface area (Å²) in [5.74, 6) is 0.809. The summed E-state index contributed by atoms with van der Waals surface area (Å²) in [5, 5.41) is 0.507. The Hall–Kier alpha value is -2.61. The highest BCUT2D eigenvalue weighted by Crippen LogP contribution is 2.29. The number of carbonyl (C=O) groups is 1. The molecule has 8 nitrogen and oxygen atoms in total. The second-order valence-corrected chi connectivity index (χ2v) is 8.97. The molecule has 1 saturated heterocycles. The van der Waals surface area contributed by atoms with E-state index in [-0.39, 0.29) is 23.6 Å². The zero-order valence-corrected chi connectivity index (χ0v) is 18.5. The first-order valence-corrected chi connectivity index (χ1v) is 10.4. The number of aromatic nitrogens is 2. The number of nitrogen functional groups attached to an aromatic ring is 1. The van der Waals surface area contributed by atoms with Crippen LogP contribution in [0.4, 0.5) is 10.5 Å². The first-order chi connectivity index (χ1) is 14.1. The molecule has 2 heterocycles. The van der Waals surface area contributed by atoms with Gasteiger partial charge in [0.15, 0.2) is 0 Å². The van der Waals surface area contributed by atoms with Crippen molar-refractivity contribution in [3.05, 3.63) is 34.4 Å². The average molecular weight is 417 g/mol. The molecule has 1 aromatic carbocycles. The van der Waals surface area contributed by atoms with Gasteiger partial charge in [0.25, 0.3) is 5.56 Å². The minimum Gasteiger partial charge on any atom is -0.444 e. The lowest BCUT2D eigenvalue weighted by Crippen LogP contribution is -2.42. The number of anilines is 1. The van der Waals surface area contributed by atoms with Gasteiger partial charge in [-0.1, -0.05) is 0 Å². The van der Waals surface area contributed by atoms with Crippen LogP contribution in [0.5, 0.6) is 0 Å². The Bertz CT molecular complexity index is 971. The molecule has 2 N–H and O–H groups in total. The van der Waals surface area contributed by atoms with E-state index in [1.807, 2.05) is 27.7 Å². The number of hydrogen-bond donors (Lipinski definition) is 1. The third kappa shape index (κ3) is 4.75. The van der Waals surface area contributed by atoms with Gasteiger partial charge in [-0.05, 0) is 58.7 Å². The molecule has 1 aliphatic rings. The van der Waals surface area contributed by atoms with Crippen molar-refractivity contribution in [2.24, 2.45) is 0 Å². The van der Waals surface area contributed by atoms with E-state index < -0.39 is 5.60 Å². The number of benzene rings is 1. The number of rotatable bonds is 4. The number of nitrogens with two attached hydrogens (primary N) is 1. The van der Waals surface area contributed by atoms with E-state index in [2.05, 4.69) is 0 Å². The van der Waals surface area contributed by atoms with Crippen LogP contribution in [0.1, 0.15) is 58.3 Å². The Morgan fingerprint density at radius 2 is 1.97 bits per heavy atom. The number of carbonyl (C=O) groups excluding carboxylic acids is 1. The fraction of sp³-hybridized carbons (Fsp3) is 0.591. The molecular weight excluding hydrogens is 384 g/mol. The van der Waals surface area contributed by atoms with E-state index in [4.69, 9.17) is 20.2 Å². The number of ether oxygens (including phenoxy) is 2. The van der Waals surface area contributed by atoms with Crippen LogP contribution in [0.2, 0.25) is 0 Å². The van der Waals surface area contributed by atoms with Crippen molar-refractivity contribution in [3.8, 4) is 0 Å². The van der Waals surface area contributed by atoms with Gasteiger partial charge in [0.1, 0.15) is 11.4 Å². The third-order valence-electron chi connectivity index (χ3n) is 5.31. The van der Waals surface area contributed by atoms with Crippen LogP contribution in [-0.4, -0.2) is 53.0 Å².